The molecule has 0 spiro atoms. The normalized spacial score (nSPS) is 19.9. The van der Waals surface area contributed by atoms with Crippen LogP contribution in [0.15, 0.2) is 18.2 Å². The molecule has 1 aliphatic heterocycles. The van der Waals surface area contributed by atoms with Gasteiger partial charge in [0.2, 0.25) is 0 Å². The van der Waals surface area contributed by atoms with Crippen molar-refractivity contribution in [2.75, 3.05) is 31.3 Å². The van der Waals surface area contributed by atoms with Crippen molar-refractivity contribution in [3.05, 3.63) is 28.8 Å². The Bertz CT molecular complexity index is 456. The number of nitrogens with two attached hydrogens (primary N) is 1. The van der Waals surface area contributed by atoms with Crippen LogP contribution in [-0.2, 0) is 4.74 Å². The second kappa shape index (κ2) is 5.84. The SMILES string of the molecule is NC(=S)c1c(Cl)cccc1N1CCOCC1CO. The fourth-order valence-corrected chi connectivity index (χ4v) is 2.66. The summed E-state index contributed by atoms with van der Waals surface area (Å²) in [5.41, 5.74) is 7.26. The summed E-state index contributed by atoms with van der Waals surface area (Å²) in [6, 6.07) is 5.43. The second-order valence-electron chi connectivity index (χ2n) is 4.10. The summed E-state index contributed by atoms with van der Waals surface area (Å²) in [5, 5.41) is 9.93. The lowest BCUT2D eigenvalue weighted by molar-refractivity contribution is 0.0727. The maximum Gasteiger partial charge on any atom is 0.107 e. The van der Waals surface area contributed by atoms with E-state index in [1.807, 2.05) is 17.0 Å². The van der Waals surface area contributed by atoms with Crippen LogP contribution in [0.25, 0.3) is 0 Å². The molecule has 0 saturated carbocycles. The van der Waals surface area contributed by atoms with Gasteiger partial charge in [-0.1, -0.05) is 29.9 Å². The van der Waals surface area contributed by atoms with Crippen molar-refractivity contribution in [1.29, 1.82) is 0 Å². The summed E-state index contributed by atoms with van der Waals surface area (Å²) >= 11 is 11.2. The van der Waals surface area contributed by atoms with E-state index in [1.165, 1.54) is 0 Å². The molecule has 0 aromatic heterocycles. The van der Waals surface area contributed by atoms with Crippen molar-refractivity contribution < 1.29 is 9.84 Å². The van der Waals surface area contributed by atoms with Gasteiger partial charge in [-0.2, -0.15) is 0 Å². The predicted molar refractivity (Wildman–Crippen MR) is 76.4 cm³/mol. The van der Waals surface area contributed by atoms with E-state index < -0.39 is 0 Å². The van der Waals surface area contributed by atoms with Gasteiger partial charge in [-0.3, -0.25) is 0 Å². The van der Waals surface area contributed by atoms with Gasteiger partial charge in [0.15, 0.2) is 0 Å². The third-order valence-corrected chi connectivity index (χ3v) is 3.50. The number of nitrogens with zero attached hydrogens (tertiary/aromatic N) is 1. The molecule has 0 amide bonds. The Morgan fingerprint density at radius 2 is 2.39 bits per heavy atom. The number of rotatable bonds is 3. The fraction of sp³-hybridized carbons (Fsp3) is 0.417. The Hall–Kier alpha value is -0.880. The van der Waals surface area contributed by atoms with E-state index in [4.69, 9.17) is 34.3 Å². The molecule has 98 valence electrons. The van der Waals surface area contributed by atoms with Crippen molar-refractivity contribution >= 4 is 34.5 Å². The lowest BCUT2D eigenvalue weighted by Gasteiger charge is -2.37. The van der Waals surface area contributed by atoms with Gasteiger partial charge in [0, 0.05) is 12.2 Å². The Balaban J connectivity index is 2.42. The highest BCUT2D eigenvalue weighted by Gasteiger charge is 2.25. The fourth-order valence-electron chi connectivity index (χ4n) is 2.12. The van der Waals surface area contributed by atoms with Gasteiger partial charge in [-0.05, 0) is 12.1 Å². The first-order valence-electron chi connectivity index (χ1n) is 5.68. The topological polar surface area (TPSA) is 58.7 Å². The lowest BCUT2D eigenvalue weighted by Crippen LogP contribution is -2.48. The maximum atomic E-state index is 9.40. The predicted octanol–water partition coefficient (Wildman–Crippen LogP) is 1.17. The Morgan fingerprint density at radius 1 is 1.61 bits per heavy atom. The molecule has 6 heteroatoms. The second-order valence-corrected chi connectivity index (χ2v) is 4.95. The van der Waals surface area contributed by atoms with Crippen LogP contribution in [0.3, 0.4) is 0 Å². The zero-order valence-electron chi connectivity index (χ0n) is 9.80. The monoisotopic (exact) mass is 286 g/mol. The minimum absolute atomic E-state index is 0.0171. The third kappa shape index (κ3) is 2.59. The summed E-state index contributed by atoms with van der Waals surface area (Å²) in [6.07, 6.45) is 0. The van der Waals surface area contributed by atoms with Gasteiger partial charge in [0.25, 0.3) is 0 Å². The molecule has 1 aromatic rings. The Labute approximate surface area is 116 Å². The largest absolute Gasteiger partial charge is 0.394 e. The number of benzene rings is 1. The van der Waals surface area contributed by atoms with E-state index in [0.29, 0.717) is 30.3 Å². The van der Waals surface area contributed by atoms with Crippen LogP contribution in [0.1, 0.15) is 5.56 Å². The van der Waals surface area contributed by atoms with Crippen LogP contribution in [0, 0.1) is 0 Å². The number of morpholine rings is 1. The van der Waals surface area contributed by atoms with E-state index in [0.717, 1.165) is 5.69 Å². The van der Waals surface area contributed by atoms with Gasteiger partial charge < -0.3 is 20.5 Å². The summed E-state index contributed by atoms with van der Waals surface area (Å²) < 4.78 is 5.36. The van der Waals surface area contributed by atoms with E-state index in [2.05, 4.69) is 0 Å². The van der Waals surface area contributed by atoms with Crippen molar-refractivity contribution in [2.45, 2.75) is 6.04 Å². The maximum absolute atomic E-state index is 9.40. The van der Waals surface area contributed by atoms with E-state index in [-0.39, 0.29) is 17.6 Å². The molecule has 0 radical (unpaired) electrons. The highest BCUT2D eigenvalue weighted by atomic mass is 35.5. The minimum atomic E-state index is -0.0923. The molecule has 1 saturated heterocycles. The van der Waals surface area contributed by atoms with Gasteiger partial charge in [0.1, 0.15) is 4.99 Å². The smallest absolute Gasteiger partial charge is 0.107 e. The first-order chi connectivity index (χ1) is 8.65. The van der Waals surface area contributed by atoms with E-state index in [1.54, 1.807) is 6.07 Å². The number of aliphatic hydroxyl groups excluding tert-OH is 1. The minimum Gasteiger partial charge on any atom is -0.394 e. The standard InChI is InChI=1S/C12H15ClN2O2S/c13-9-2-1-3-10(11(9)12(14)18)15-4-5-17-7-8(15)6-16/h1-3,8,16H,4-7H2,(H2,14,18). The average Bonchev–Trinajstić information content (AvgIpc) is 2.38. The molecule has 1 fully saturated rings. The van der Waals surface area contributed by atoms with Crippen molar-refractivity contribution in [1.82, 2.24) is 0 Å². The van der Waals surface area contributed by atoms with Crippen LogP contribution in [0.5, 0.6) is 0 Å². The highest BCUT2D eigenvalue weighted by Crippen LogP contribution is 2.29. The summed E-state index contributed by atoms with van der Waals surface area (Å²) in [6.45, 7) is 1.80. The molecule has 0 bridgehead atoms. The number of hydrogen-bond donors (Lipinski definition) is 2. The molecule has 0 aliphatic carbocycles. The summed E-state index contributed by atoms with van der Waals surface area (Å²) in [4.78, 5) is 2.31. The van der Waals surface area contributed by atoms with Crippen molar-refractivity contribution in [3.8, 4) is 0 Å². The Kier molecular flexibility index (Phi) is 4.40. The molecule has 4 nitrogen and oxygen atoms in total. The van der Waals surface area contributed by atoms with E-state index in [9.17, 15) is 5.11 Å². The van der Waals surface area contributed by atoms with Crippen LogP contribution >= 0.6 is 23.8 Å². The Morgan fingerprint density at radius 3 is 3.06 bits per heavy atom. The quantitative estimate of drug-likeness (QED) is 0.817. The van der Waals surface area contributed by atoms with Gasteiger partial charge >= 0.3 is 0 Å². The first-order valence-corrected chi connectivity index (χ1v) is 6.47. The van der Waals surface area contributed by atoms with Gasteiger partial charge in [-0.15, -0.1) is 0 Å². The zero-order chi connectivity index (χ0) is 13.1. The van der Waals surface area contributed by atoms with Crippen molar-refractivity contribution in [2.24, 2.45) is 5.73 Å². The lowest BCUT2D eigenvalue weighted by atomic mass is 10.1. The molecule has 2 rings (SSSR count). The van der Waals surface area contributed by atoms with Gasteiger partial charge in [-0.25, -0.2) is 0 Å². The number of aliphatic hydroxyl groups is 1. The van der Waals surface area contributed by atoms with Crippen LogP contribution in [0.2, 0.25) is 5.02 Å². The third-order valence-electron chi connectivity index (χ3n) is 2.99. The van der Waals surface area contributed by atoms with Crippen LogP contribution < -0.4 is 10.6 Å². The average molecular weight is 287 g/mol. The number of anilines is 1. The van der Waals surface area contributed by atoms with E-state index >= 15 is 0 Å². The first kappa shape index (κ1) is 13.5. The molecular weight excluding hydrogens is 272 g/mol. The highest BCUT2D eigenvalue weighted by molar-refractivity contribution is 7.80. The van der Waals surface area contributed by atoms with Crippen LogP contribution in [0.4, 0.5) is 5.69 Å². The summed E-state index contributed by atoms with van der Waals surface area (Å²) in [5.74, 6) is 0. The number of ether oxygens (including phenoxy) is 1. The van der Waals surface area contributed by atoms with Crippen LogP contribution in [-0.4, -0.2) is 42.5 Å². The van der Waals surface area contributed by atoms with Crippen molar-refractivity contribution in [3.63, 3.8) is 0 Å². The molecular formula is C12H15ClN2O2S. The molecule has 1 atom stereocenters. The zero-order valence-corrected chi connectivity index (χ0v) is 11.4. The molecule has 1 unspecified atom stereocenters. The summed E-state index contributed by atoms with van der Waals surface area (Å²) in [7, 11) is 0. The number of thiocarbonyl (C=S) groups is 1. The number of halogens is 1. The number of hydrogen-bond acceptors (Lipinski definition) is 4. The molecule has 1 heterocycles. The molecule has 1 aliphatic rings. The molecule has 3 N–H and O–H groups in total. The molecule has 18 heavy (non-hydrogen) atoms. The molecule has 1 aromatic carbocycles. The van der Waals surface area contributed by atoms with Gasteiger partial charge in [0.05, 0.1) is 36.4 Å².